The zero-order valence-corrected chi connectivity index (χ0v) is 16.8. The molecule has 0 radical (unpaired) electrons. The van der Waals surface area contributed by atoms with Gasteiger partial charge < -0.3 is 15.4 Å². The minimum absolute atomic E-state index is 0.338. The third-order valence-electron chi connectivity index (χ3n) is 4.03. The van der Waals surface area contributed by atoms with E-state index in [9.17, 15) is 9.00 Å². The number of nitrogens with zero attached hydrogens (tertiary/aromatic N) is 2. The van der Waals surface area contributed by atoms with Gasteiger partial charge in [-0.2, -0.15) is 5.10 Å². The summed E-state index contributed by atoms with van der Waals surface area (Å²) in [5.74, 6) is 1.56. The Labute approximate surface area is 172 Å². The van der Waals surface area contributed by atoms with Crippen molar-refractivity contribution in [3.8, 4) is 5.75 Å². The van der Waals surface area contributed by atoms with Gasteiger partial charge in [0.05, 0.1) is 6.54 Å². The number of aromatic nitrogens is 2. The number of rotatable bonds is 10. The summed E-state index contributed by atoms with van der Waals surface area (Å²) in [6.45, 7) is 1.46. The van der Waals surface area contributed by atoms with E-state index in [0.717, 1.165) is 5.56 Å². The first kappa shape index (κ1) is 20.6. The van der Waals surface area contributed by atoms with Crippen molar-refractivity contribution in [1.82, 2.24) is 15.1 Å². The number of carbonyl (C=O) groups excluding carboxylic acids is 1. The quantitative estimate of drug-likeness (QED) is 0.536. The highest BCUT2D eigenvalue weighted by molar-refractivity contribution is 7.84. The van der Waals surface area contributed by atoms with Crippen LogP contribution in [0.25, 0.3) is 0 Å². The van der Waals surface area contributed by atoms with Crippen LogP contribution in [0.2, 0.25) is 0 Å². The number of nitrogens with one attached hydrogen (secondary N) is 2. The Morgan fingerprint density at radius 1 is 1.10 bits per heavy atom. The molecule has 3 rings (SSSR count). The Hall–Kier alpha value is -3.13. The van der Waals surface area contributed by atoms with Crippen LogP contribution in [-0.4, -0.2) is 38.9 Å². The van der Waals surface area contributed by atoms with Crippen molar-refractivity contribution in [2.24, 2.45) is 0 Å². The lowest BCUT2D eigenvalue weighted by molar-refractivity contribution is 0.252. The Morgan fingerprint density at radius 2 is 1.97 bits per heavy atom. The van der Waals surface area contributed by atoms with E-state index in [1.807, 2.05) is 54.7 Å². The average Bonchev–Trinajstić information content (AvgIpc) is 3.22. The molecule has 1 atom stereocenters. The first-order chi connectivity index (χ1) is 14.2. The second-order valence-corrected chi connectivity index (χ2v) is 7.88. The zero-order valence-electron chi connectivity index (χ0n) is 16.0. The van der Waals surface area contributed by atoms with Gasteiger partial charge in [-0.05, 0) is 23.8 Å². The molecule has 1 unspecified atom stereocenters. The predicted molar refractivity (Wildman–Crippen MR) is 114 cm³/mol. The van der Waals surface area contributed by atoms with E-state index in [1.54, 1.807) is 23.0 Å². The summed E-state index contributed by atoms with van der Waals surface area (Å²) < 4.78 is 19.6. The molecule has 1 aromatic heterocycles. The van der Waals surface area contributed by atoms with Crippen molar-refractivity contribution in [3.63, 3.8) is 0 Å². The first-order valence-electron chi connectivity index (χ1n) is 9.33. The van der Waals surface area contributed by atoms with Crippen molar-refractivity contribution in [1.29, 1.82) is 0 Å². The maximum atomic E-state index is 12.1. The molecule has 7 nitrogen and oxygen atoms in total. The van der Waals surface area contributed by atoms with E-state index in [-0.39, 0.29) is 6.03 Å². The highest BCUT2D eigenvalue weighted by Crippen LogP contribution is 2.17. The molecule has 2 N–H and O–H groups in total. The number of carbonyl (C=O) groups is 1. The summed E-state index contributed by atoms with van der Waals surface area (Å²) in [4.78, 5) is 12.1. The molecule has 0 aliphatic rings. The zero-order chi connectivity index (χ0) is 20.3. The van der Waals surface area contributed by atoms with Gasteiger partial charge in [-0.25, -0.2) is 4.79 Å². The number of benzene rings is 2. The van der Waals surface area contributed by atoms with Crippen molar-refractivity contribution in [2.75, 3.05) is 24.2 Å². The van der Waals surface area contributed by atoms with Crippen LogP contribution in [0.3, 0.4) is 0 Å². The fourth-order valence-electron chi connectivity index (χ4n) is 2.64. The van der Waals surface area contributed by atoms with Gasteiger partial charge in [-0.15, -0.1) is 0 Å². The summed E-state index contributed by atoms with van der Waals surface area (Å²) in [5.41, 5.74) is 1.66. The van der Waals surface area contributed by atoms with Gasteiger partial charge >= 0.3 is 6.03 Å². The Morgan fingerprint density at radius 3 is 2.76 bits per heavy atom. The van der Waals surface area contributed by atoms with Crippen LogP contribution < -0.4 is 15.4 Å². The molecule has 0 bridgehead atoms. The third kappa shape index (κ3) is 7.42. The summed E-state index contributed by atoms with van der Waals surface area (Å²) in [7, 11) is -1.02. The molecule has 0 fully saturated rings. The number of amides is 2. The molecule has 2 aromatic carbocycles. The maximum Gasteiger partial charge on any atom is 0.319 e. The summed E-state index contributed by atoms with van der Waals surface area (Å²) in [5, 5.41) is 9.61. The molecule has 29 heavy (non-hydrogen) atoms. The number of hydrogen-bond acceptors (Lipinski definition) is 4. The molecule has 0 aliphatic carbocycles. The van der Waals surface area contributed by atoms with Gasteiger partial charge in [0, 0.05) is 53.0 Å². The third-order valence-corrected chi connectivity index (χ3v) is 5.34. The minimum atomic E-state index is -1.02. The molecule has 2 amide bonds. The van der Waals surface area contributed by atoms with Gasteiger partial charge in [0.1, 0.15) is 12.4 Å². The van der Waals surface area contributed by atoms with E-state index in [4.69, 9.17) is 4.74 Å². The average molecular weight is 413 g/mol. The fourth-order valence-corrected chi connectivity index (χ4v) is 3.68. The van der Waals surface area contributed by atoms with Gasteiger partial charge in [-0.3, -0.25) is 8.89 Å². The SMILES string of the molecule is O=C(NCCS(=O)Cc1ccccc1)Nc1cccc(OCCn2cccn2)c1. The molecule has 1 heterocycles. The molecule has 8 heteroatoms. The lowest BCUT2D eigenvalue weighted by Gasteiger charge is -2.10. The Balaban J connectivity index is 1.37. The molecule has 0 saturated heterocycles. The van der Waals surface area contributed by atoms with Crippen LogP contribution in [0.1, 0.15) is 5.56 Å². The molecule has 0 aliphatic heterocycles. The van der Waals surface area contributed by atoms with Gasteiger partial charge in [0.25, 0.3) is 0 Å². The summed E-state index contributed by atoms with van der Waals surface area (Å²) in [6, 6.07) is 18.4. The monoisotopic (exact) mass is 412 g/mol. The second kappa shape index (κ2) is 11.0. The molecular formula is C21H24N4O3S. The van der Waals surface area contributed by atoms with Crippen LogP contribution >= 0.6 is 0 Å². The molecule has 3 aromatic rings. The lowest BCUT2D eigenvalue weighted by Crippen LogP contribution is -2.32. The van der Waals surface area contributed by atoms with Gasteiger partial charge in [0.2, 0.25) is 0 Å². The van der Waals surface area contributed by atoms with Crippen molar-refractivity contribution < 1.29 is 13.7 Å². The fraction of sp³-hybridized carbons (Fsp3) is 0.238. The number of hydrogen-bond donors (Lipinski definition) is 2. The molecule has 0 saturated carbocycles. The predicted octanol–water partition coefficient (Wildman–Crippen LogP) is 3.03. The van der Waals surface area contributed by atoms with Crippen LogP contribution in [0.4, 0.5) is 10.5 Å². The van der Waals surface area contributed by atoms with E-state index in [0.29, 0.717) is 42.6 Å². The van der Waals surface area contributed by atoms with Gasteiger partial charge in [0.15, 0.2) is 0 Å². The van der Waals surface area contributed by atoms with Crippen molar-refractivity contribution in [2.45, 2.75) is 12.3 Å². The van der Waals surface area contributed by atoms with E-state index in [1.165, 1.54) is 0 Å². The first-order valence-corrected chi connectivity index (χ1v) is 10.8. The summed E-state index contributed by atoms with van der Waals surface area (Å²) in [6.07, 6.45) is 3.60. The summed E-state index contributed by atoms with van der Waals surface area (Å²) >= 11 is 0. The van der Waals surface area contributed by atoms with Gasteiger partial charge in [-0.1, -0.05) is 36.4 Å². The van der Waals surface area contributed by atoms with Crippen LogP contribution in [0.5, 0.6) is 5.75 Å². The molecular weight excluding hydrogens is 388 g/mol. The van der Waals surface area contributed by atoms with Crippen LogP contribution in [0.15, 0.2) is 73.1 Å². The van der Waals surface area contributed by atoms with Crippen LogP contribution in [-0.2, 0) is 23.1 Å². The standard InChI is InChI=1S/C21H24N4O3S/c26-21(22-11-15-29(27)17-18-6-2-1-3-7-18)24-19-8-4-9-20(16-19)28-14-13-25-12-5-10-23-25/h1-10,12,16H,11,13-15,17H2,(H2,22,24,26). The largest absolute Gasteiger partial charge is 0.492 e. The highest BCUT2D eigenvalue weighted by Gasteiger charge is 2.05. The Bertz CT molecular complexity index is 917. The second-order valence-electron chi connectivity index (χ2n) is 6.30. The van der Waals surface area contributed by atoms with E-state index >= 15 is 0 Å². The van der Waals surface area contributed by atoms with E-state index < -0.39 is 10.8 Å². The van der Waals surface area contributed by atoms with Crippen LogP contribution in [0, 0.1) is 0 Å². The van der Waals surface area contributed by atoms with Crippen molar-refractivity contribution >= 4 is 22.5 Å². The van der Waals surface area contributed by atoms with Crippen molar-refractivity contribution in [3.05, 3.63) is 78.6 Å². The van der Waals surface area contributed by atoms with E-state index in [2.05, 4.69) is 15.7 Å². The maximum absolute atomic E-state index is 12.1. The molecule has 152 valence electrons. The number of urea groups is 1. The number of ether oxygens (including phenoxy) is 1. The highest BCUT2D eigenvalue weighted by atomic mass is 32.2. The molecule has 0 spiro atoms. The lowest BCUT2D eigenvalue weighted by atomic mass is 10.2. The topological polar surface area (TPSA) is 85.3 Å². The number of anilines is 1. The smallest absolute Gasteiger partial charge is 0.319 e. The normalized spacial score (nSPS) is 11.6. The minimum Gasteiger partial charge on any atom is -0.492 e. The Kier molecular flexibility index (Phi) is 7.82.